The van der Waals surface area contributed by atoms with Crippen molar-refractivity contribution in [2.75, 3.05) is 12.4 Å². The van der Waals surface area contributed by atoms with Crippen LogP contribution in [-0.2, 0) is 0 Å². The van der Waals surface area contributed by atoms with E-state index in [0.29, 0.717) is 6.04 Å². The Morgan fingerprint density at radius 3 is 2.82 bits per heavy atom. The first kappa shape index (κ1) is 10.4. The monoisotopic (exact) mass is 232 g/mol. The molecule has 1 saturated carbocycles. The van der Waals surface area contributed by atoms with Crippen molar-refractivity contribution in [1.29, 1.82) is 0 Å². The molecule has 1 fully saturated rings. The molecule has 17 heavy (non-hydrogen) atoms. The predicted molar refractivity (Wildman–Crippen MR) is 64.8 cm³/mol. The summed E-state index contributed by atoms with van der Waals surface area (Å²) in [5.74, 6) is 0.747. The highest BCUT2D eigenvalue weighted by molar-refractivity contribution is 5.81. The Kier molecular flexibility index (Phi) is 2.62. The largest absolute Gasteiger partial charge is 0.371 e. The number of hydrogen-bond acceptors (Lipinski definition) is 5. The molecule has 0 atom stereocenters. The maximum atomic E-state index is 4.31. The molecule has 0 radical (unpaired) electrons. The van der Waals surface area contributed by atoms with E-state index in [4.69, 9.17) is 0 Å². The van der Waals surface area contributed by atoms with Gasteiger partial charge in [0.1, 0.15) is 6.33 Å². The van der Waals surface area contributed by atoms with Crippen molar-refractivity contribution >= 4 is 17.0 Å². The summed E-state index contributed by atoms with van der Waals surface area (Å²) in [5.41, 5.74) is 1.61. The first-order valence-corrected chi connectivity index (χ1v) is 6.14. The molecular weight excluding hydrogens is 216 g/mol. The first-order valence-electron chi connectivity index (χ1n) is 6.14. The van der Waals surface area contributed by atoms with E-state index >= 15 is 0 Å². The Morgan fingerprint density at radius 2 is 2.06 bits per heavy atom. The Balaban J connectivity index is 2.05. The van der Waals surface area contributed by atoms with Crippen molar-refractivity contribution in [2.24, 2.45) is 0 Å². The second-order valence-electron chi connectivity index (χ2n) is 4.47. The number of rotatable bonds is 2. The topological polar surface area (TPSA) is 68.5 Å². The summed E-state index contributed by atoms with van der Waals surface area (Å²) in [5, 5.41) is 11.5. The lowest BCUT2D eigenvalue weighted by molar-refractivity contribution is 0.330. The van der Waals surface area contributed by atoms with Gasteiger partial charge in [-0.3, -0.25) is 0 Å². The van der Waals surface area contributed by atoms with Crippen molar-refractivity contribution < 1.29 is 0 Å². The van der Waals surface area contributed by atoms with Gasteiger partial charge in [0.05, 0.1) is 6.04 Å². The maximum absolute atomic E-state index is 4.31. The number of aromatic nitrogens is 5. The fourth-order valence-electron chi connectivity index (χ4n) is 2.52. The number of hydrogen-bond donors (Lipinski definition) is 1. The molecule has 0 aromatic carbocycles. The molecule has 2 aromatic heterocycles. The van der Waals surface area contributed by atoms with E-state index in [1.54, 1.807) is 6.33 Å². The lowest BCUT2D eigenvalue weighted by Crippen LogP contribution is -2.14. The van der Waals surface area contributed by atoms with Crippen LogP contribution in [0.1, 0.15) is 38.1 Å². The highest BCUT2D eigenvalue weighted by atomic mass is 15.5. The molecule has 2 heterocycles. The SMILES string of the molecule is CNc1ncnc2c1nnn2C1CCCCC1. The van der Waals surface area contributed by atoms with Crippen LogP contribution < -0.4 is 5.32 Å². The highest BCUT2D eigenvalue weighted by Crippen LogP contribution is 2.29. The number of nitrogens with one attached hydrogen (secondary N) is 1. The fraction of sp³-hybridized carbons (Fsp3) is 0.636. The molecule has 0 amide bonds. The van der Waals surface area contributed by atoms with Crippen molar-refractivity contribution in [2.45, 2.75) is 38.1 Å². The van der Waals surface area contributed by atoms with Crippen LogP contribution in [0.2, 0.25) is 0 Å². The van der Waals surface area contributed by atoms with Gasteiger partial charge in [-0.1, -0.05) is 24.5 Å². The van der Waals surface area contributed by atoms with Gasteiger partial charge in [-0.25, -0.2) is 14.6 Å². The van der Waals surface area contributed by atoms with Crippen LogP contribution in [0, 0.1) is 0 Å². The summed E-state index contributed by atoms with van der Waals surface area (Å²) in [6, 6.07) is 0.452. The van der Waals surface area contributed by atoms with E-state index in [0.717, 1.165) is 17.0 Å². The molecule has 6 nitrogen and oxygen atoms in total. The minimum Gasteiger partial charge on any atom is -0.371 e. The summed E-state index contributed by atoms with van der Waals surface area (Å²) in [4.78, 5) is 8.46. The van der Waals surface area contributed by atoms with Gasteiger partial charge in [0, 0.05) is 7.05 Å². The summed E-state index contributed by atoms with van der Waals surface area (Å²) >= 11 is 0. The summed E-state index contributed by atoms with van der Waals surface area (Å²) in [6.07, 6.45) is 7.80. The Morgan fingerprint density at radius 1 is 1.24 bits per heavy atom. The summed E-state index contributed by atoms with van der Waals surface area (Å²) < 4.78 is 1.97. The smallest absolute Gasteiger partial charge is 0.184 e. The van der Waals surface area contributed by atoms with E-state index in [2.05, 4.69) is 25.6 Å². The molecule has 3 rings (SSSR count). The van der Waals surface area contributed by atoms with Crippen molar-refractivity contribution in [3.05, 3.63) is 6.33 Å². The molecular formula is C11H16N6. The number of anilines is 1. The van der Waals surface area contributed by atoms with E-state index in [1.165, 1.54) is 32.1 Å². The van der Waals surface area contributed by atoms with Crippen molar-refractivity contribution in [3.8, 4) is 0 Å². The molecule has 6 heteroatoms. The predicted octanol–water partition coefficient (Wildman–Crippen LogP) is 1.77. The van der Waals surface area contributed by atoms with Crippen LogP contribution in [0.3, 0.4) is 0 Å². The third-order valence-electron chi connectivity index (χ3n) is 3.42. The zero-order chi connectivity index (χ0) is 11.7. The molecule has 90 valence electrons. The van der Waals surface area contributed by atoms with Gasteiger partial charge in [-0.2, -0.15) is 0 Å². The van der Waals surface area contributed by atoms with Crippen molar-refractivity contribution in [1.82, 2.24) is 25.0 Å². The Bertz CT molecular complexity index is 514. The Labute approximate surface area is 99.4 Å². The van der Waals surface area contributed by atoms with Gasteiger partial charge in [0.25, 0.3) is 0 Å². The van der Waals surface area contributed by atoms with Crippen LogP contribution in [0.5, 0.6) is 0 Å². The second-order valence-corrected chi connectivity index (χ2v) is 4.47. The van der Waals surface area contributed by atoms with Crippen LogP contribution in [0.25, 0.3) is 11.2 Å². The van der Waals surface area contributed by atoms with Gasteiger partial charge >= 0.3 is 0 Å². The summed E-state index contributed by atoms with van der Waals surface area (Å²) in [7, 11) is 1.83. The lowest BCUT2D eigenvalue weighted by atomic mass is 9.96. The highest BCUT2D eigenvalue weighted by Gasteiger charge is 2.20. The van der Waals surface area contributed by atoms with E-state index < -0.39 is 0 Å². The van der Waals surface area contributed by atoms with E-state index in [9.17, 15) is 0 Å². The van der Waals surface area contributed by atoms with Gasteiger partial charge in [-0.15, -0.1) is 5.10 Å². The molecule has 0 unspecified atom stereocenters. The number of fused-ring (bicyclic) bond motifs is 1. The normalized spacial score (nSPS) is 17.5. The number of nitrogens with zero attached hydrogens (tertiary/aromatic N) is 5. The Hall–Kier alpha value is -1.72. The van der Waals surface area contributed by atoms with Gasteiger partial charge in [0.15, 0.2) is 17.0 Å². The minimum absolute atomic E-state index is 0.452. The van der Waals surface area contributed by atoms with Crippen LogP contribution >= 0.6 is 0 Å². The lowest BCUT2D eigenvalue weighted by Gasteiger charge is -2.21. The molecule has 2 aromatic rings. The third kappa shape index (κ3) is 1.73. The standard InChI is InChI=1S/C11H16N6/c1-12-10-9-11(14-7-13-10)17(16-15-9)8-5-3-2-4-6-8/h7-8H,2-6H2,1H3,(H,12,13,14). The van der Waals surface area contributed by atoms with Crippen molar-refractivity contribution in [3.63, 3.8) is 0 Å². The molecule has 1 N–H and O–H groups in total. The van der Waals surface area contributed by atoms with Crippen LogP contribution in [0.4, 0.5) is 5.82 Å². The fourth-order valence-corrected chi connectivity index (χ4v) is 2.52. The first-order chi connectivity index (χ1) is 8.40. The zero-order valence-electron chi connectivity index (χ0n) is 9.93. The molecule has 1 aliphatic carbocycles. The van der Waals surface area contributed by atoms with E-state index in [-0.39, 0.29) is 0 Å². The minimum atomic E-state index is 0.452. The van der Waals surface area contributed by atoms with E-state index in [1.807, 2.05) is 11.7 Å². The molecule has 0 spiro atoms. The van der Waals surface area contributed by atoms with Crippen LogP contribution in [0.15, 0.2) is 6.33 Å². The molecule has 0 aliphatic heterocycles. The molecule has 0 bridgehead atoms. The molecule has 1 aliphatic rings. The van der Waals surface area contributed by atoms with Crippen LogP contribution in [-0.4, -0.2) is 32.0 Å². The third-order valence-corrected chi connectivity index (χ3v) is 3.42. The average molecular weight is 232 g/mol. The molecule has 0 saturated heterocycles. The van der Waals surface area contributed by atoms with Gasteiger partial charge < -0.3 is 5.32 Å². The quantitative estimate of drug-likeness (QED) is 0.854. The van der Waals surface area contributed by atoms with Gasteiger partial charge in [0.2, 0.25) is 0 Å². The maximum Gasteiger partial charge on any atom is 0.184 e. The second kappa shape index (κ2) is 4.27. The van der Waals surface area contributed by atoms with Gasteiger partial charge in [-0.05, 0) is 12.8 Å². The summed E-state index contributed by atoms with van der Waals surface area (Å²) in [6.45, 7) is 0. The average Bonchev–Trinajstić information content (AvgIpc) is 2.83. The zero-order valence-corrected chi connectivity index (χ0v) is 9.93.